The summed E-state index contributed by atoms with van der Waals surface area (Å²) in [6.07, 6.45) is 0. The van der Waals surface area contributed by atoms with Crippen LogP contribution >= 0.6 is 27.3 Å². The van der Waals surface area contributed by atoms with E-state index in [1.807, 2.05) is 41.8 Å². The van der Waals surface area contributed by atoms with Gasteiger partial charge in [-0.25, -0.2) is 0 Å². The molecule has 0 fully saturated rings. The van der Waals surface area contributed by atoms with Crippen molar-refractivity contribution in [1.29, 1.82) is 0 Å². The average molecular weight is 339 g/mol. The van der Waals surface area contributed by atoms with Gasteiger partial charge < -0.3 is 10.6 Å². The molecule has 1 aromatic carbocycles. The SMILES string of the molecule is CN(Cc1ccc(Br)cc1)C(=O)C(N)c1cccs1. The third-order valence-electron chi connectivity index (χ3n) is 2.82. The van der Waals surface area contributed by atoms with Gasteiger partial charge in [0.1, 0.15) is 6.04 Å². The van der Waals surface area contributed by atoms with E-state index in [9.17, 15) is 4.79 Å². The van der Waals surface area contributed by atoms with Crippen LogP contribution in [0.3, 0.4) is 0 Å². The normalized spacial score (nSPS) is 12.2. The molecule has 0 saturated heterocycles. The van der Waals surface area contributed by atoms with E-state index in [1.54, 1.807) is 11.9 Å². The lowest BCUT2D eigenvalue weighted by Gasteiger charge is -2.20. The number of benzene rings is 1. The van der Waals surface area contributed by atoms with Crippen LogP contribution in [0.5, 0.6) is 0 Å². The van der Waals surface area contributed by atoms with Crippen LogP contribution < -0.4 is 5.73 Å². The van der Waals surface area contributed by atoms with Crippen LogP contribution in [0, 0.1) is 0 Å². The summed E-state index contributed by atoms with van der Waals surface area (Å²) in [4.78, 5) is 14.8. The van der Waals surface area contributed by atoms with Gasteiger partial charge in [-0.15, -0.1) is 11.3 Å². The summed E-state index contributed by atoms with van der Waals surface area (Å²) in [6, 6.07) is 11.1. The zero-order chi connectivity index (χ0) is 13.8. The third kappa shape index (κ3) is 3.65. The fraction of sp³-hybridized carbons (Fsp3) is 0.214. The smallest absolute Gasteiger partial charge is 0.244 e. The van der Waals surface area contributed by atoms with E-state index in [4.69, 9.17) is 5.73 Å². The second kappa shape index (κ2) is 6.32. The second-order valence-electron chi connectivity index (χ2n) is 4.31. The first-order valence-electron chi connectivity index (χ1n) is 5.86. The molecule has 2 N–H and O–H groups in total. The molecule has 1 aromatic heterocycles. The Balaban J connectivity index is 2.01. The van der Waals surface area contributed by atoms with Gasteiger partial charge in [0.05, 0.1) is 0 Å². The lowest BCUT2D eigenvalue weighted by molar-refractivity contribution is -0.131. The minimum absolute atomic E-state index is 0.0645. The highest BCUT2D eigenvalue weighted by molar-refractivity contribution is 9.10. The Morgan fingerprint density at radius 2 is 2.05 bits per heavy atom. The summed E-state index contributed by atoms with van der Waals surface area (Å²) in [7, 11) is 1.78. The topological polar surface area (TPSA) is 46.3 Å². The maximum absolute atomic E-state index is 12.2. The zero-order valence-corrected chi connectivity index (χ0v) is 12.9. The maximum atomic E-state index is 12.2. The van der Waals surface area contributed by atoms with Gasteiger partial charge in [-0.05, 0) is 29.1 Å². The Hall–Kier alpha value is -1.17. The molecule has 5 heteroatoms. The minimum atomic E-state index is -0.569. The van der Waals surface area contributed by atoms with Gasteiger partial charge in [0.15, 0.2) is 0 Å². The molecule has 1 amide bonds. The lowest BCUT2D eigenvalue weighted by Crippen LogP contribution is -2.35. The number of hydrogen-bond acceptors (Lipinski definition) is 3. The molecule has 1 unspecified atom stereocenters. The molecule has 100 valence electrons. The number of halogens is 1. The van der Waals surface area contributed by atoms with Crippen LogP contribution in [0.1, 0.15) is 16.5 Å². The van der Waals surface area contributed by atoms with E-state index >= 15 is 0 Å². The van der Waals surface area contributed by atoms with Gasteiger partial charge >= 0.3 is 0 Å². The van der Waals surface area contributed by atoms with E-state index in [-0.39, 0.29) is 5.91 Å². The average Bonchev–Trinajstić information content (AvgIpc) is 2.93. The highest BCUT2D eigenvalue weighted by Crippen LogP contribution is 2.19. The molecule has 0 spiro atoms. The number of rotatable bonds is 4. The van der Waals surface area contributed by atoms with E-state index < -0.39 is 6.04 Å². The standard InChI is InChI=1S/C14H15BrN2OS/c1-17(9-10-4-6-11(15)7-5-10)14(18)13(16)12-3-2-8-19-12/h2-8,13H,9,16H2,1H3. The van der Waals surface area contributed by atoms with Gasteiger partial charge in [0, 0.05) is 22.9 Å². The molecule has 1 heterocycles. The van der Waals surface area contributed by atoms with Crippen molar-refractivity contribution in [3.63, 3.8) is 0 Å². The molecule has 2 rings (SSSR count). The Morgan fingerprint density at radius 1 is 1.37 bits per heavy atom. The van der Waals surface area contributed by atoms with Crippen molar-refractivity contribution < 1.29 is 4.79 Å². The summed E-state index contributed by atoms with van der Waals surface area (Å²) in [5.74, 6) is -0.0645. The zero-order valence-electron chi connectivity index (χ0n) is 10.5. The Labute approximate surface area is 125 Å². The van der Waals surface area contributed by atoms with Crippen LogP contribution in [0.25, 0.3) is 0 Å². The van der Waals surface area contributed by atoms with E-state index in [0.717, 1.165) is 14.9 Å². The van der Waals surface area contributed by atoms with Gasteiger partial charge in [-0.1, -0.05) is 34.1 Å². The van der Waals surface area contributed by atoms with Crippen LogP contribution in [-0.2, 0) is 11.3 Å². The van der Waals surface area contributed by atoms with Gasteiger partial charge in [-0.2, -0.15) is 0 Å². The molecule has 0 saturated carbocycles. The fourth-order valence-electron chi connectivity index (χ4n) is 1.77. The molecule has 2 aromatic rings. The number of amides is 1. The summed E-state index contributed by atoms with van der Waals surface area (Å²) >= 11 is 4.90. The predicted molar refractivity (Wildman–Crippen MR) is 81.9 cm³/mol. The van der Waals surface area contributed by atoms with E-state index in [2.05, 4.69) is 15.9 Å². The summed E-state index contributed by atoms with van der Waals surface area (Å²) in [6.45, 7) is 0.561. The van der Waals surface area contributed by atoms with E-state index in [1.165, 1.54) is 11.3 Å². The Bertz CT molecular complexity index is 539. The van der Waals surface area contributed by atoms with Crippen molar-refractivity contribution in [3.8, 4) is 0 Å². The highest BCUT2D eigenvalue weighted by Gasteiger charge is 2.20. The van der Waals surface area contributed by atoms with Crippen LogP contribution in [0.15, 0.2) is 46.3 Å². The van der Waals surface area contributed by atoms with Crippen molar-refractivity contribution in [3.05, 3.63) is 56.7 Å². The Kier molecular flexibility index (Phi) is 4.74. The number of carbonyl (C=O) groups excluding carboxylic acids is 1. The van der Waals surface area contributed by atoms with Crippen molar-refractivity contribution in [2.24, 2.45) is 5.73 Å². The summed E-state index contributed by atoms with van der Waals surface area (Å²) in [5.41, 5.74) is 7.05. The first-order valence-corrected chi connectivity index (χ1v) is 7.53. The van der Waals surface area contributed by atoms with Crippen LogP contribution in [0.4, 0.5) is 0 Å². The molecular weight excluding hydrogens is 324 g/mol. The van der Waals surface area contributed by atoms with Crippen LogP contribution in [-0.4, -0.2) is 17.9 Å². The fourth-order valence-corrected chi connectivity index (χ4v) is 2.75. The first-order chi connectivity index (χ1) is 9.08. The molecule has 19 heavy (non-hydrogen) atoms. The van der Waals surface area contributed by atoms with E-state index in [0.29, 0.717) is 6.54 Å². The van der Waals surface area contributed by atoms with Crippen molar-refractivity contribution >= 4 is 33.2 Å². The number of thiophene rings is 1. The first kappa shape index (κ1) is 14.2. The number of likely N-dealkylation sites (N-methyl/N-ethyl adjacent to an activating group) is 1. The molecule has 0 aliphatic carbocycles. The molecule has 0 radical (unpaired) electrons. The molecule has 0 aliphatic rings. The molecule has 3 nitrogen and oxygen atoms in total. The maximum Gasteiger partial charge on any atom is 0.244 e. The third-order valence-corrected chi connectivity index (χ3v) is 4.31. The number of nitrogens with two attached hydrogens (primary N) is 1. The lowest BCUT2D eigenvalue weighted by atomic mass is 10.2. The molecular formula is C14H15BrN2OS. The molecule has 0 bridgehead atoms. The number of carbonyl (C=O) groups is 1. The number of nitrogens with zero attached hydrogens (tertiary/aromatic N) is 1. The monoisotopic (exact) mass is 338 g/mol. The molecule has 1 atom stereocenters. The second-order valence-corrected chi connectivity index (χ2v) is 6.21. The summed E-state index contributed by atoms with van der Waals surface area (Å²) in [5, 5.41) is 1.93. The molecule has 0 aliphatic heterocycles. The quantitative estimate of drug-likeness (QED) is 0.930. The largest absolute Gasteiger partial charge is 0.340 e. The van der Waals surface area contributed by atoms with Crippen LogP contribution in [0.2, 0.25) is 0 Å². The van der Waals surface area contributed by atoms with Gasteiger partial charge in [0.2, 0.25) is 5.91 Å². The number of hydrogen-bond donors (Lipinski definition) is 1. The highest BCUT2D eigenvalue weighted by atomic mass is 79.9. The summed E-state index contributed by atoms with van der Waals surface area (Å²) < 4.78 is 1.03. The van der Waals surface area contributed by atoms with Gasteiger partial charge in [0.25, 0.3) is 0 Å². The van der Waals surface area contributed by atoms with Crippen molar-refractivity contribution in [2.45, 2.75) is 12.6 Å². The van der Waals surface area contributed by atoms with Gasteiger partial charge in [-0.3, -0.25) is 4.79 Å². The predicted octanol–water partition coefficient (Wildman–Crippen LogP) is 3.17. The van der Waals surface area contributed by atoms with Crippen molar-refractivity contribution in [2.75, 3.05) is 7.05 Å². The minimum Gasteiger partial charge on any atom is -0.340 e. The van der Waals surface area contributed by atoms with Crippen molar-refractivity contribution in [1.82, 2.24) is 4.90 Å². The Morgan fingerprint density at radius 3 is 2.63 bits per heavy atom.